The lowest BCUT2D eigenvalue weighted by Gasteiger charge is -2.12. The Kier molecular flexibility index (Phi) is 2.90. The van der Waals surface area contributed by atoms with Crippen molar-refractivity contribution >= 4 is 30.0 Å². The second-order valence-corrected chi connectivity index (χ2v) is 4.07. The third kappa shape index (κ3) is 1.81. The first-order chi connectivity index (χ1) is 7.75. The molecular weight excluding hydrogens is 234 g/mol. The van der Waals surface area contributed by atoms with E-state index in [9.17, 15) is 4.79 Å². The monoisotopic (exact) mass is 245 g/mol. The average Bonchev–Trinajstić information content (AvgIpc) is 2.66. The van der Waals surface area contributed by atoms with E-state index < -0.39 is 0 Å². The van der Waals surface area contributed by atoms with E-state index in [1.165, 1.54) is 22.3 Å². The van der Waals surface area contributed by atoms with Crippen LogP contribution >= 0.6 is 12.4 Å². The van der Waals surface area contributed by atoms with E-state index in [1.54, 1.807) is 0 Å². The summed E-state index contributed by atoms with van der Waals surface area (Å²) >= 11 is 0. The summed E-state index contributed by atoms with van der Waals surface area (Å²) in [6.07, 6.45) is 6.60. The third-order valence-electron chi connectivity index (χ3n) is 3.08. The van der Waals surface area contributed by atoms with Crippen LogP contribution in [0.25, 0.3) is 11.6 Å². The highest BCUT2D eigenvalue weighted by molar-refractivity contribution is 6.01. The van der Waals surface area contributed by atoms with Crippen molar-refractivity contribution in [1.29, 1.82) is 0 Å². The molecule has 0 saturated heterocycles. The Balaban J connectivity index is 0.00000108. The summed E-state index contributed by atoms with van der Waals surface area (Å²) in [5, 5.41) is 0. The number of hydrogen-bond donors (Lipinski definition) is 1. The van der Waals surface area contributed by atoms with Crippen LogP contribution in [0, 0.1) is 0 Å². The predicted molar refractivity (Wildman–Crippen MR) is 71.5 cm³/mol. The Hall–Kier alpha value is -1.80. The molecule has 3 heteroatoms. The summed E-state index contributed by atoms with van der Waals surface area (Å²) in [7, 11) is 0. The van der Waals surface area contributed by atoms with Gasteiger partial charge in [0, 0.05) is 12.0 Å². The first kappa shape index (κ1) is 11.7. The molecule has 0 spiro atoms. The van der Waals surface area contributed by atoms with Gasteiger partial charge in [-0.1, -0.05) is 42.5 Å². The molecule has 2 aliphatic rings. The quantitative estimate of drug-likeness (QED) is 0.812. The summed E-state index contributed by atoms with van der Waals surface area (Å²) < 4.78 is 0. The Morgan fingerprint density at radius 1 is 1.18 bits per heavy atom. The molecule has 0 fully saturated rings. The molecule has 0 heterocycles. The lowest BCUT2D eigenvalue weighted by molar-refractivity contribution is -0.114. The second kappa shape index (κ2) is 4.22. The Morgan fingerprint density at radius 3 is 2.71 bits per heavy atom. The largest absolute Gasteiger partial charge is 0.366 e. The molecule has 0 unspecified atom stereocenters. The van der Waals surface area contributed by atoms with Gasteiger partial charge in [0.25, 0.3) is 0 Å². The number of halogens is 1. The van der Waals surface area contributed by atoms with E-state index in [0.29, 0.717) is 12.0 Å². The lowest BCUT2D eigenvalue weighted by atomic mass is 9.92. The van der Waals surface area contributed by atoms with Crippen LogP contribution < -0.4 is 5.73 Å². The van der Waals surface area contributed by atoms with Gasteiger partial charge in [0.05, 0.1) is 0 Å². The van der Waals surface area contributed by atoms with Crippen molar-refractivity contribution in [1.82, 2.24) is 0 Å². The SMILES string of the molecule is Cl.NC(=O)C1=CC=C2C(=Cc3ccccc32)C1. The number of carbonyl (C=O) groups excluding carboxylic acids is 1. The van der Waals surface area contributed by atoms with Crippen molar-refractivity contribution in [2.24, 2.45) is 5.73 Å². The van der Waals surface area contributed by atoms with Gasteiger partial charge in [0.1, 0.15) is 0 Å². The number of benzene rings is 1. The number of allylic oxidation sites excluding steroid dienone is 4. The zero-order chi connectivity index (χ0) is 11.1. The molecule has 1 amide bonds. The van der Waals surface area contributed by atoms with Crippen LogP contribution in [0.5, 0.6) is 0 Å². The van der Waals surface area contributed by atoms with Crippen molar-refractivity contribution in [2.75, 3.05) is 0 Å². The maximum Gasteiger partial charge on any atom is 0.244 e. The molecule has 86 valence electrons. The average molecular weight is 246 g/mol. The fraction of sp³-hybridized carbons (Fsp3) is 0.0714. The second-order valence-electron chi connectivity index (χ2n) is 4.07. The van der Waals surface area contributed by atoms with Crippen LogP contribution in [0.1, 0.15) is 17.5 Å². The lowest BCUT2D eigenvalue weighted by Crippen LogP contribution is -2.15. The van der Waals surface area contributed by atoms with E-state index in [4.69, 9.17) is 5.73 Å². The van der Waals surface area contributed by atoms with Crippen molar-refractivity contribution in [3.8, 4) is 0 Å². The maximum atomic E-state index is 11.1. The number of hydrogen-bond acceptors (Lipinski definition) is 1. The number of fused-ring (bicyclic) bond motifs is 3. The number of primary amides is 1. The van der Waals surface area contributed by atoms with Crippen molar-refractivity contribution in [2.45, 2.75) is 6.42 Å². The molecule has 0 aliphatic heterocycles. The summed E-state index contributed by atoms with van der Waals surface area (Å²) in [5.74, 6) is -0.327. The van der Waals surface area contributed by atoms with E-state index in [-0.39, 0.29) is 18.3 Å². The molecule has 1 aromatic rings. The summed E-state index contributed by atoms with van der Waals surface area (Å²) in [6, 6.07) is 8.25. The van der Waals surface area contributed by atoms with E-state index in [1.807, 2.05) is 24.3 Å². The zero-order valence-electron chi connectivity index (χ0n) is 9.14. The Labute approximate surface area is 106 Å². The van der Waals surface area contributed by atoms with Crippen LogP contribution in [0.4, 0.5) is 0 Å². The predicted octanol–water partition coefficient (Wildman–Crippen LogP) is 2.70. The first-order valence-corrected chi connectivity index (χ1v) is 5.27. The van der Waals surface area contributed by atoms with Crippen LogP contribution in [-0.2, 0) is 4.79 Å². The van der Waals surface area contributed by atoms with E-state index in [2.05, 4.69) is 18.2 Å². The molecule has 3 rings (SSSR count). The van der Waals surface area contributed by atoms with E-state index in [0.717, 1.165) is 0 Å². The Bertz CT molecular complexity index is 582. The minimum absolute atomic E-state index is 0. The molecule has 0 bridgehead atoms. The molecule has 0 saturated carbocycles. The smallest absolute Gasteiger partial charge is 0.244 e. The van der Waals surface area contributed by atoms with Crippen molar-refractivity contribution < 1.29 is 4.79 Å². The van der Waals surface area contributed by atoms with Crippen LogP contribution in [0.2, 0.25) is 0 Å². The highest BCUT2D eigenvalue weighted by Gasteiger charge is 2.22. The van der Waals surface area contributed by atoms with Gasteiger partial charge in [-0.2, -0.15) is 0 Å². The van der Waals surface area contributed by atoms with Crippen LogP contribution in [-0.4, -0.2) is 5.91 Å². The zero-order valence-corrected chi connectivity index (χ0v) is 9.96. The summed E-state index contributed by atoms with van der Waals surface area (Å²) in [6.45, 7) is 0. The van der Waals surface area contributed by atoms with Gasteiger partial charge in [-0.3, -0.25) is 4.79 Å². The molecule has 2 aliphatic carbocycles. The molecular formula is C14H12ClNO. The highest BCUT2D eigenvalue weighted by atomic mass is 35.5. The van der Waals surface area contributed by atoms with Crippen LogP contribution in [0.3, 0.4) is 0 Å². The van der Waals surface area contributed by atoms with Gasteiger partial charge < -0.3 is 5.73 Å². The number of carbonyl (C=O) groups is 1. The number of rotatable bonds is 1. The minimum Gasteiger partial charge on any atom is -0.366 e. The standard InChI is InChI=1S/C14H11NO.ClH/c15-14(16)10-5-6-13-11(8-10)7-9-3-1-2-4-12(9)13;/h1-7H,8H2,(H2,15,16);1H. The third-order valence-corrected chi connectivity index (χ3v) is 3.08. The summed E-state index contributed by atoms with van der Waals surface area (Å²) in [5.41, 5.74) is 10.9. The van der Waals surface area contributed by atoms with Gasteiger partial charge in [-0.05, 0) is 22.3 Å². The highest BCUT2D eigenvalue weighted by Crippen LogP contribution is 2.40. The normalized spacial score (nSPS) is 15.9. The van der Waals surface area contributed by atoms with Gasteiger partial charge >= 0.3 is 0 Å². The fourth-order valence-corrected chi connectivity index (χ4v) is 2.27. The molecule has 17 heavy (non-hydrogen) atoms. The van der Waals surface area contributed by atoms with Gasteiger partial charge in [-0.25, -0.2) is 0 Å². The number of nitrogens with two attached hydrogens (primary N) is 1. The number of amides is 1. The fourth-order valence-electron chi connectivity index (χ4n) is 2.27. The van der Waals surface area contributed by atoms with Crippen molar-refractivity contribution in [3.63, 3.8) is 0 Å². The summed E-state index contributed by atoms with van der Waals surface area (Å²) in [4.78, 5) is 11.1. The molecule has 0 aromatic heterocycles. The van der Waals surface area contributed by atoms with E-state index >= 15 is 0 Å². The molecule has 1 aromatic carbocycles. The van der Waals surface area contributed by atoms with Gasteiger partial charge in [0.15, 0.2) is 0 Å². The van der Waals surface area contributed by atoms with Gasteiger partial charge in [0.2, 0.25) is 5.91 Å². The maximum absolute atomic E-state index is 11.1. The van der Waals surface area contributed by atoms with Crippen LogP contribution in [0.15, 0.2) is 47.6 Å². The molecule has 0 radical (unpaired) electrons. The first-order valence-electron chi connectivity index (χ1n) is 5.27. The topological polar surface area (TPSA) is 43.1 Å². The van der Waals surface area contributed by atoms with Crippen molar-refractivity contribution in [3.05, 3.63) is 58.7 Å². The molecule has 2 N–H and O–H groups in total. The minimum atomic E-state index is -0.327. The Morgan fingerprint density at radius 2 is 1.94 bits per heavy atom. The molecule has 2 nitrogen and oxygen atoms in total. The van der Waals surface area contributed by atoms with Gasteiger partial charge in [-0.15, -0.1) is 12.4 Å². The molecule has 0 atom stereocenters.